The van der Waals surface area contributed by atoms with Crippen molar-refractivity contribution in [2.75, 3.05) is 20.3 Å². The van der Waals surface area contributed by atoms with E-state index in [1.165, 1.54) is 6.26 Å². The van der Waals surface area contributed by atoms with Crippen LogP contribution in [0.4, 0.5) is 0 Å². The lowest BCUT2D eigenvalue weighted by Gasteiger charge is -2.33. The lowest BCUT2D eigenvalue weighted by molar-refractivity contribution is -0.152. The van der Waals surface area contributed by atoms with Crippen molar-refractivity contribution in [2.45, 2.75) is 24.8 Å². The van der Waals surface area contributed by atoms with Crippen molar-refractivity contribution in [3.05, 3.63) is 30.0 Å². The van der Waals surface area contributed by atoms with Crippen LogP contribution in [-0.2, 0) is 20.7 Å². The Morgan fingerprint density at radius 2 is 2.08 bits per heavy atom. The number of nitrogens with one attached hydrogen (secondary N) is 1. The van der Waals surface area contributed by atoms with E-state index >= 15 is 0 Å². The fraction of sp³-hybridized carbons (Fsp3) is 0.412. The number of ether oxygens (including phenoxy) is 2. The van der Waals surface area contributed by atoms with Gasteiger partial charge in [0.15, 0.2) is 0 Å². The van der Waals surface area contributed by atoms with E-state index in [2.05, 4.69) is 5.32 Å². The average molecular weight is 333 g/mol. The summed E-state index contributed by atoms with van der Waals surface area (Å²) < 4.78 is 15.8. The van der Waals surface area contributed by atoms with Gasteiger partial charge in [-0.05, 0) is 12.1 Å². The minimum atomic E-state index is -1.25. The summed E-state index contributed by atoms with van der Waals surface area (Å²) in [7, 11) is 1.57. The molecule has 1 aliphatic heterocycles. The molecule has 1 aromatic heterocycles. The van der Waals surface area contributed by atoms with Gasteiger partial charge in [-0.15, -0.1) is 0 Å². The summed E-state index contributed by atoms with van der Waals surface area (Å²) in [4.78, 5) is 24.0. The van der Waals surface area contributed by atoms with Crippen LogP contribution >= 0.6 is 0 Å². The van der Waals surface area contributed by atoms with Crippen LogP contribution < -0.4 is 10.1 Å². The number of carbonyl (C=O) groups excluding carboxylic acids is 1. The average Bonchev–Trinajstić information content (AvgIpc) is 2.97. The fourth-order valence-corrected chi connectivity index (χ4v) is 2.92. The van der Waals surface area contributed by atoms with Crippen LogP contribution in [0.25, 0.3) is 11.0 Å². The molecule has 128 valence electrons. The molecule has 1 amide bonds. The Labute approximate surface area is 138 Å². The van der Waals surface area contributed by atoms with Gasteiger partial charge in [-0.1, -0.05) is 0 Å². The minimum Gasteiger partial charge on any atom is -0.497 e. The number of benzene rings is 1. The molecule has 1 aliphatic rings. The van der Waals surface area contributed by atoms with Crippen molar-refractivity contribution in [1.82, 2.24) is 5.32 Å². The number of aliphatic carboxylic acids is 1. The molecule has 7 nitrogen and oxygen atoms in total. The molecule has 24 heavy (non-hydrogen) atoms. The quantitative estimate of drug-likeness (QED) is 0.865. The van der Waals surface area contributed by atoms with Crippen molar-refractivity contribution in [2.24, 2.45) is 0 Å². The lowest BCUT2D eigenvalue weighted by atomic mass is 9.90. The Morgan fingerprint density at radius 1 is 1.33 bits per heavy atom. The topological polar surface area (TPSA) is 98.0 Å². The van der Waals surface area contributed by atoms with E-state index in [9.17, 15) is 14.7 Å². The monoisotopic (exact) mass is 333 g/mol. The molecule has 0 spiro atoms. The van der Waals surface area contributed by atoms with Gasteiger partial charge in [0, 0.05) is 43.1 Å². The standard InChI is InChI=1S/C17H19NO6/c1-22-12-2-3-13-11(10-24-14(13)9-12)8-15(19)18-17(16(20)21)4-6-23-7-5-17/h2-3,9-10H,4-8H2,1H3,(H,18,19)(H,20,21). The molecule has 1 fully saturated rings. The van der Waals surface area contributed by atoms with Gasteiger partial charge in [-0.25, -0.2) is 4.79 Å². The van der Waals surface area contributed by atoms with Crippen molar-refractivity contribution < 1.29 is 28.6 Å². The molecule has 0 atom stereocenters. The van der Waals surface area contributed by atoms with Gasteiger partial charge in [0.1, 0.15) is 16.9 Å². The number of hydrogen-bond acceptors (Lipinski definition) is 5. The Kier molecular flexibility index (Phi) is 4.44. The molecule has 0 saturated carbocycles. The van der Waals surface area contributed by atoms with Gasteiger partial charge in [0.25, 0.3) is 0 Å². The van der Waals surface area contributed by atoms with Crippen LogP contribution in [0, 0.1) is 0 Å². The normalized spacial score (nSPS) is 16.7. The summed E-state index contributed by atoms with van der Waals surface area (Å²) in [5.41, 5.74) is 0.0758. The summed E-state index contributed by atoms with van der Waals surface area (Å²) in [6.45, 7) is 0.641. The lowest BCUT2D eigenvalue weighted by Crippen LogP contribution is -2.57. The first kappa shape index (κ1) is 16.3. The van der Waals surface area contributed by atoms with E-state index in [1.54, 1.807) is 19.2 Å². The molecule has 0 radical (unpaired) electrons. The maximum atomic E-state index is 12.4. The summed E-state index contributed by atoms with van der Waals surface area (Å²) >= 11 is 0. The number of fused-ring (bicyclic) bond motifs is 1. The third-order valence-electron chi connectivity index (χ3n) is 4.35. The molecule has 2 heterocycles. The highest BCUT2D eigenvalue weighted by atomic mass is 16.5. The Bertz CT molecular complexity index is 760. The SMILES string of the molecule is COc1ccc2c(CC(=O)NC3(C(=O)O)CCOCC3)coc2c1. The molecule has 0 unspecified atom stereocenters. The number of methoxy groups -OCH3 is 1. The number of furan rings is 1. The molecule has 1 aromatic carbocycles. The maximum absolute atomic E-state index is 12.4. The van der Waals surface area contributed by atoms with Gasteiger partial charge in [-0.3, -0.25) is 4.79 Å². The molecule has 3 rings (SSSR count). The van der Waals surface area contributed by atoms with Crippen LogP contribution in [0.15, 0.2) is 28.9 Å². The van der Waals surface area contributed by atoms with E-state index in [-0.39, 0.29) is 25.2 Å². The first-order valence-electron chi connectivity index (χ1n) is 7.70. The molecular weight excluding hydrogens is 314 g/mol. The van der Waals surface area contributed by atoms with Crippen LogP contribution in [0.2, 0.25) is 0 Å². The second kappa shape index (κ2) is 6.52. The predicted octanol–water partition coefficient (Wildman–Crippen LogP) is 1.73. The van der Waals surface area contributed by atoms with E-state index in [1.807, 2.05) is 6.07 Å². The summed E-state index contributed by atoms with van der Waals surface area (Å²) in [5, 5.41) is 13.0. The van der Waals surface area contributed by atoms with Crippen molar-refractivity contribution in [3.8, 4) is 5.75 Å². The van der Waals surface area contributed by atoms with Gasteiger partial charge in [-0.2, -0.15) is 0 Å². The van der Waals surface area contributed by atoms with Crippen LogP contribution in [-0.4, -0.2) is 42.8 Å². The number of rotatable bonds is 5. The number of carboxylic acid groups (broad SMARTS) is 1. The number of carbonyl (C=O) groups is 2. The highest BCUT2D eigenvalue weighted by Crippen LogP contribution is 2.26. The summed E-state index contributed by atoms with van der Waals surface area (Å²) in [6, 6.07) is 5.35. The second-order valence-electron chi connectivity index (χ2n) is 5.85. The molecule has 2 N–H and O–H groups in total. The molecule has 0 bridgehead atoms. The smallest absolute Gasteiger partial charge is 0.329 e. The Balaban J connectivity index is 1.76. The molecule has 7 heteroatoms. The van der Waals surface area contributed by atoms with Gasteiger partial charge < -0.3 is 24.3 Å². The first-order valence-corrected chi connectivity index (χ1v) is 7.70. The third kappa shape index (κ3) is 3.07. The minimum absolute atomic E-state index is 0.0508. The Morgan fingerprint density at radius 3 is 2.75 bits per heavy atom. The van der Waals surface area contributed by atoms with Gasteiger partial charge in [0.2, 0.25) is 5.91 Å². The van der Waals surface area contributed by atoms with Gasteiger partial charge in [0.05, 0.1) is 19.8 Å². The number of carboxylic acids is 1. The molecule has 0 aliphatic carbocycles. The van der Waals surface area contributed by atoms with Gasteiger partial charge >= 0.3 is 5.97 Å². The van der Waals surface area contributed by atoms with E-state index < -0.39 is 11.5 Å². The van der Waals surface area contributed by atoms with E-state index in [4.69, 9.17) is 13.9 Å². The molecule has 2 aromatic rings. The zero-order chi connectivity index (χ0) is 17.2. The fourth-order valence-electron chi connectivity index (χ4n) is 2.92. The van der Waals surface area contributed by atoms with E-state index in [0.717, 1.165) is 5.39 Å². The molecule has 1 saturated heterocycles. The number of hydrogen-bond donors (Lipinski definition) is 2. The van der Waals surface area contributed by atoms with E-state index in [0.29, 0.717) is 30.1 Å². The second-order valence-corrected chi connectivity index (χ2v) is 5.85. The van der Waals surface area contributed by atoms with Crippen LogP contribution in [0.3, 0.4) is 0 Å². The third-order valence-corrected chi connectivity index (χ3v) is 4.35. The van der Waals surface area contributed by atoms with Crippen molar-refractivity contribution in [3.63, 3.8) is 0 Å². The zero-order valence-corrected chi connectivity index (χ0v) is 13.3. The molecular formula is C17H19NO6. The highest BCUT2D eigenvalue weighted by molar-refractivity contribution is 5.91. The predicted molar refractivity (Wildman–Crippen MR) is 85.0 cm³/mol. The highest BCUT2D eigenvalue weighted by Gasteiger charge is 2.41. The summed E-state index contributed by atoms with van der Waals surface area (Å²) in [6.07, 6.45) is 2.09. The Hall–Kier alpha value is -2.54. The maximum Gasteiger partial charge on any atom is 0.329 e. The zero-order valence-electron chi connectivity index (χ0n) is 13.3. The van der Waals surface area contributed by atoms with Crippen LogP contribution in [0.1, 0.15) is 18.4 Å². The first-order chi connectivity index (χ1) is 11.5. The van der Waals surface area contributed by atoms with Crippen molar-refractivity contribution >= 4 is 22.8 Å². The van der Waals surface area contributed by atoms with Crippen LogP contribution in [0.5, 0.6) is 5.75 Å². The summed E-state index contributed by atoms with van der Waals surface area (Å²) in [5.74, 6) is -0.710. The largest absolute Gasteiger partial charge is 0.497 e. The number of amides is 1. The van der Waals surface area contributed by atoms with Crippen molar-refractivity contribution in [1.29, 1.82) is 0 Å².